The van der Waals surface area contributed by atoms with Gasteiger partial charge in [0.2, 0.25) is 0 Å². The number of hydrogen-bond acceptors (Lipinski definition) is 5. The summed E-state index contributed by atoms with van der Waals surface area (Å²) in [5.41, 5.74) is 1.57. The third kappa shape index (κ3) is 4.16. The molecule has 7 nitrogen and oxygen atoms in total. The molecule has 5 rings (SSSR count). The van der Waals surface area contributed by atoms with Crippen LogP contribution in [0.4, 0.5) is 4.39 Å². The van der Waals surface area contributed by atoms with Crippen molar-refractivity contribution in [2.45, 2.75) is 32.7 Å². The van der Waals surface area contributed by atoms with Crippen molar-refractivity contribution in [3.05, 3.63) is 70.4 Å². The Balaban J connectivity index is 1.27. The monoisotopic (exact) mass is 466 g/mol. The maximum atomic E-state index is 13.3. The van der Waals surface area contributed by atoms with Gasteiger partial charge in [-0.3, -0.25) is 9.59 Å². The Morgan fingerprint density at radius 1 is 1.12 bits per heavy atom. The van der Waals surface area contributed by atoms with E-state index in [1.165, 1.54) is 23.5 Å². The van der Waals surface area contributed by atoms with Crippen molar-refractivity contribution in [2.75, 3.05) is 13.1 Å². The van der Waals surface area contributed by atoms with Gasteiger partial charge < -0.3 is 14.6 Å². The molecule has 170 valence electrons. The fourth-order valence-electron chi connectivity index (χ4n) is 4.11. The minimum atomic E-state index is -0.306. The van der Waals surface area contributed by atoms with Gasteiger partial charge in [0, 0.05) is 24.5 Å². The molecule has 0 spiro atoms. The molecule has 0 unspecified atom stereocenters. The van der Waals surface area contributed by atoms with Gasteiger partial charge in [0.05, 0.1) is 16.3 Å². The molecule has 1 saturated heterocycles. The van der Waals surface area contributed by atoms with Crippen LogP contribution in [0.1, 0.15) is 44.5 Å². The van der Waals surface area contributed by atoms with Crippen LogP contribution < -0.4 is 5.32 Å². The van der Waals surface area contributed by atoms with Crippen molar-refractivity contribution < 1.29 is 18.4 Å². The molecule has 1 aliphatic heterocycles. The number of nitrogens with zero attached hydrogens (tertiary/aromatic N) is 3. The van der Waals surface area contributed by atoms with Crippen molar-refractivity contribution in [3.8, 4) is 5.69 Å². The van der Waals surface area contributed by atoms with Crippen LogP contribution in [0.2, 0.25) is 0 Å². The average molecular weight is 467 g/mol. The predicted octanol–water partition coefficient (Wildman–Crippen LogP) is 4.47. The first-order chi connectivity index (χ1) is 15.9. The van der Waals surface area contributed by atoms with E-state index in [0.29, 0.717) is 42.3 Å². The summed E-state index contributed by atoms with van der Waals surface area (Å²) in [4.78, 5) is 28.8. The van der Waals surface area contributed by atoms with Crippen LogP contribution in [0.25, 0.3) is 15.9 Å². The first-order valence-corrected chi connectivity index (χ1v) is 11.6. The number of piperidine rings is 1. The van der Waals surface area contributed by atoms with Gasteiger partial charge in [-0.15, -0.1) is 11.3 Å². The zero-order valence-corrected chi connectivity index (χ0v) is 19.1. The van der Waals surface area contributed by atoms with E-state index in [0.717, 1.165) is 21.6 Å². The molecular formula is C24H23FN4O3S. The van der Waals surface area contributed by atoms with Crippen LogP contribution >= 0.6 is 11.3 Å². The maximum absolute atomic E-state index is 13.3. The normalized spacial score (nSPS) is 14.7. The average Bonchev–Trinajstić information content (AvgIpc) is 3.51. The highest BCUT2D eigenvalue weighted by molar-refractivity contribution is 7.20. The van der Waals surface area contributed by atoms with E-state index in [2.05, 4.69) is 10.4 Å². The van der Waals surface area contributed by atoms with Crippen LogP contribution in [-0.4, -0.2) is 45.6 Å². The molecule has 4 heterocycles. The van der Waals surface area contributed by atoms with Gasteiger partial charge in [-0.2, -0.15) is 5.10 Å². The Labute approximate surface area is 193 Å². The Morgan fingerprint density at radius 2 is 1.85 bits per heavy atom. The lowest BCUT2D eigenvalue weighted by Crippen LogP contribution is -2.46. The lowest BCUT2D eigenvalue weighted by atomic mass is 10.0. The molecular weight excluding hydrogens is 443 g/mol. The molecule has 3 aromatic heterocycles. The van der Waals surface area contributed by atoms with Crippen LogP contribution in [0, 0.1) is 19.7 Å². The molecule has 0 atom stereocenters. The van der Waals surface area contributed by atoms with Gasteiger partial charge in [-0.1, -0.05) is 0 Å². The number of nitrogens with one attached hydrogen (secondary N) is 1. The van der Waals surface area contributed by atoms with E-state index < -0.39 is 0 Å². The van der Waals surface area contributed by atoms with E-state index in [4.69, 9.17) is 4.42 Å². The summed E-state index contributed by atoms with van der Waals surface area (Å²) in [6.45, 7) is 4.84. The highest BCUT2D eigenvalue weighted by Gasteiger charge is 2.27. The highest BCUT2D eigenvalue weighted by atomic mass is 32.1. The molecule has 0 saturated carbocycles. The second-order valence-corrected chi connectivity index (χ2v) is 9.28. The van der Waals surface area contributed by atoms with Gasteiger partial charge in [0.15, 0.2) is 5.76 Å². The minimum Gasteiger partial charge on any atom is -0.456 e. The number of amides is 2. The number of likely N-dealkylation sites (tertiary alicyclic amines) is 1. The summed E-state index contributed by atoms with van der Waals surface area (Å²) < 4.78 is 20.5. The van der Waals surface area contributed by atoms with E-state index >= 15 is 0 Å². The Bertz CT molecular complexity index is 1330. The third-order valence-corrected chi connectivity index (χ3v) is 7.01. The van der Waals surface area contributed by atoms with Crippen LogP contribution in [0.15, 0.2) is 46.9 Å². The number of thiophene rings is 1. The molecule has 33 heavy (non-hydrogen) atoms. The maximum Gasteiger partial charge on any atom is 0.287 e. The molecule has 1 N–H and O–H groups in total. The van der Waals surface area contributed by atoms with Gasteiger partial charge >= 0.3 is 0 Å². The Kier molecular flexibility index (Phi) is 5.49. The molecule has 2 amide bonds. The van der Waals surface area contributed by atoms with Gasteiger partial charge in [-0.25, -0.2) is 9.07 Å². The summed E-state index contributed by atoms with van der Waals surface area (Å²) in [6, 6.07) is 11.5. The number of furan rings is 1. The quantitative estimate of drug-likeness (QED) is 0.481. The summed E-state index contributed by atoms with van der Waals surface area (Å²) in [5.74, 6) is 0.453. The zero-order valence-electron chi connectivity index (χ0n) is 18.3. The van der Waals surface area contributed by atoms with Crippen LogP contribution in [-0.2, 0) is 0 Å². The third-order valence-electron chi connectivity index (χ3n) is 5.91. The largest absolute Gasteiger partial charge is 0.456 e. The van der Waals surface area contributed by atoms with E-state index in [-0.39, 0.29) is 23.7 Å². The number of fused-ring (bicyclic) bond motifs is 1. The smallest absolute Gasteiger partial charge is 0.287 e. The van der Waals surface area contributed by atoms with Crippen LogP contribution in [0.5, 0.6) is 0 Å². The van der Waals surface area contributed by atoms with Crippen molar-refractivity contribution >= 4 is 33.4 Å². The standard InChI is InChI=1S/C24H23FN4O3S/c1-14-3-8-20(32-14)22(30)26-17-9-11-28(12-10-17)23(31)21-13-19-15(2)27-29(24(19)33-21)18-6-4-16(25)5-7-18/h3-8,13,17H,9-12H2,1-2H3,(H,26,30). The topological polar surface area (TPSA) is 80.4 Å². The number of rotatable bonds is 4. The number of carbonyl (C=O) groups excluding carboxylic acids is 2. The van der Waals surface area contributed by atoms with Crippen LogP contribution in [0.3, 0.4) is 0 Å². The molecule has 0 bridgehead atoms. The molecule has 1 aromatic carbocycles. The fourth-order valence-corrected chi connectivity index (χ4v) is 5.26. The molecule has 4 aromatic rings. The summed E-state index contributed by atoms with van der Waals surface area (Å²) >= 11 is 1.39. The van der Waals surface area contributed by atoms with Gasteiger partial charge in [0.1, 0.15) is 16.4 Å². The second-order valence-electron chi connectivity index (χ2n) is 8.25. The lowest BCUT2D eigenvalue weighted by molar-refractivity contribution is 0.0700. The summed E-state index contributed by atoms with van der Waals surface area (Å²) in [7, 11) is 0. The zero-order chi connectivity index (χ0) is 23.1. The lowest BCUT2D eigenvalue weighted by Gasteiger charge is -2.32. The summed E-state index contributed by atoms with van der Waals surface area (Å²) in [6.07, 6.45) is 1.37. The molecule has 1 fully saturated rings. The van der Waals surface area contributed by atoms with Gasteiger partial charge in [-0.05, 0) is 69.2 Å². The highest BCUT2D eigenvalue weighted by Crippen LogP contribution is 2.31. The second kappa shape index (κ2) is 8.47. The number of carbonyl (C=O) groups is 2. The van der Waals surface area contributed by atoms with E-state index in [1.54, 1.807) is 35.9 Å². The Hall–Kier alpha value is -3.46. The summed E-state index contributed by atoms with van der Waals surface area (Å²) in [5, 5.41) is 8.47. The number of hydrogen-bond donors (Lipinski definition) is 1. The van der Waals surface area contributed by atoms with Crippen molar-refractivity contribution in [2.24, 2.45) is 0 Å². The molecule has 0 aliphatic carbocycles. The number of aryl methyl sites for hydroxylation is 2. The van der Waals surface area contributed by atoms with Crippen molar-refractivity contribution in [3.63, 3.8) is 0 Å². The molecule has 1 aliphatic rings. The van der Waals surface area contributed by atoms with Crippen molar-refractivity contribution in [1.82, 2.24) is 20.0 Å². The fraction of sp³-hybridized carbons (Fsp3) is 0.292. The molecule has 0 radical (unpaired) electrons. The first-order valence-electron chi connectivity index (χ1n) is 10.8. The first kappa shape index (κ1) is 21.4. The molecule has 9 heteroatoms. The number of halogens is 1. The van der Waals surface area contributed by atoms with E-state index in [9.17, 15) is 14.0 Å². The van der Waals surface area contributed by atoms with Crippen molar-refractivity contribution in [1.29, 1.82) is 0 Å². The van der Waals surface area contributed by atoms with Gasteiger partial charge in [0.25, 0.3) is 11.8 Å². The number of benzene rings is 1. The predicted molar refractivity (Wildman–Crippen MR) is 123 cm³/mol. The number of aromatic nitrogens is 2. The SMILES string of the molecule is Cc1ccc(C(=O)NC2CCN(C(=O)c3cc4c(C)nn(-c5ccc(F)cc5)c4s3)CC2)o1. The van der Waals surface area contributed by atoms with E-state index in [1.807, 2.05) is 17.9 Å². The minimum absolute atomic E-state index is 0.00337. The Morgan fingerprint density at radius 3 is 2.52 bits per heavy atom.